The van der Waals surface area contributed by atoms with Gasteiger partial charge in [0.2, 0.25) is 0 Å². The molecule has 1 aromatic heterocycles. The number of hydrogen-bond acceptors (Lipinski definition) is 4. The van der Waals surface area contributed by atoms with Gasteiger partial charge in [0, 0.05) is 18.9 Å². The van der Waals surface area contributed by atoms with Crippen molar-refractivity contribution in [3.63, 3.8) is 0 Å². The van der Waals surface area contributed by atoms with Gasteiger partial charge < -0.3 is 10.6 Å². The Morgan fingerprint density at radius 1 is 0.962 bits per heavy atom. The highest BCUT2D eigenvalue weighted by Gasteiger charge is 2.14. The number of nitrogens with one attached hydrogen (secondary N) is 2. The largest absolute Gasteiger partial charge is 0.348 e. The number of para-hydroxylation sites is 1. The third-order valence-corrected chi connectivity index (χ3v) is 3.79. The summed E-state index contributed by atoms with van der Waals surface area (Å²) in [5, 5.41) is 5.58. The number of anilines is 1. The molecule has 3 aromatic rings. The van der Waals surface area contributed by atoms with Gasteiger partial charge in [-0.15, -0.1) is 0 Å². The van der Waals surface area contributed by atoms with Crippen LogP contribution in [-0.2, 0) is 6.54 Å². The van der Waals surface area contributed by atoms with Crippen molar-refractivity contribution in [3.05, 3.63) is 89.5 Å². The molecule has 130 valence electrons. The summed E-state index contributed by atoms with van der Waals surface area (Å²) in [4.78, 5) is 32.6. The Morgan fingerprint density at radius 2 is 1.73 bits per heavy atom. The summed E-state index contributed by atoms with van der Waals surface area (Å²) in [5.41, 5.74) is 3.16. The number of amides is 2. The minimum Gasteiger partial charge on any atom is -0.348 e. The second-order valence-corrected chi connectivity index (χ2v) is 5.76. The summed E-state index contributed by atoms with van der Waals surface area (Å²) in [6, 6.07) is 14.8. The lowest BCUT2D eigenvalue weighted by Gasteiger charge is -2.11. The molecule has 0 spiro atoms. The van der Waals surface area contributed by atoms with E-state index in [4.69, 9.17) is 0 Å². The van der Waals surface area contributed by atoms with Crippen molar-refractivity contribution in [1.82, 2.24) is 15.3 Å². The molecule has 0 fully saturated rings. The molecule has 26 heavy (non-hydrogen) atoms. The first-order valence-corrected chi connectivity index (χ1v) is 8.13. The van der Waals surface area contributed by atoms with Gasteiger partial charge in [-0.3, -0.25) is 14.6 Å². The Bertz CT molecular complexity index is 909. The van der Waals surface area contributed by atoms with Gasteiger partial charge in [-0.1, -0.05) is 42.0 Å². The van der Waals surface area contributed by atoms with E-state index in [9.17, 15) is 9.59 Å². The van der Waals surface area contributed by atoms with Crippen molar-refractivity contribution in [2.24, 2.45) is 0 Å². The Kier molecular flexibility index (Phi) is 5.34. The van der Waals surface area contributed by atoms with Crippen LogP contribution in [-0.4, -0.2) is 21.8 Å². The molecule has 0 saturated carbocycles. The second-order valence-electron chi connectivity index (χ2n) is 5.76. The quantitative estimate of drug-likeness (QED) is 0.744. The van der Waals surface area contributed by atoms with Crippen LogP contribution in [0.25, 0.3) is 0 Å². The van der Waals surface area contributed by atoms with Crippen molar-refractivity contribution in [2.45, 2.75) is 13.5 Å². The summed E-state index contributed by atoms with van der Waals surface area (Å²) >= 11 is 0. The molecular formula is C20H18N4O2. The molecule has 0 atom stereocenters. The van der Waals surface area contributed by atoms with Crippen LogP contribution >= 0.6 is 0 Å². The van der Waals surface area contributed by atoms with Gasteiger partial charge in [0.1, 0.15) is 5.69 Å². The fourth-order valence-corrected chi connectivity index (χ4v) is 2.38. The Labute approximate surface area is 151 Å². The zero-order valence-electron chi connectivity index (χ0n) is 14.3. The number of aromatic nitrogens is 2. The van der Waals surface area contributed by atoms with E-state index >= 15 is 0 Å². The molecule has 0 aliphatic rings. The lowest BCUT2D eigenvalue weighted by Crippen LogP contribution is -2.25. The number of hydrogen-bond donors (Lipinski definition) is 2. The first kappa shape index (κ1) is 17.3. The first-order valence-electron chi connectivity index (χ1n) is 8.13. The molecule has 6 nitrogen and oxygen atoms in total. The molecule has 3 rings (SSSR count). The molecule has 0 aliphatic carbocycles. The molecule has 6 heteroatoms. The third-order valence-electron chi connectivity index (χ3n) is 3.79. The maximum atomic E-state index is 12.5. The average molecular weight is 346 g/mol. The van der Waals surface area contributed by atoms with E-state index < -0.39 is 5.91 Å². The molecule has 0 aliphatic heterocycles. The Balaban J connectivity index is 1.70. The van der Waals surface area contributed by atoms with Crippen molar-refractivity contribution >= 4 is 17.5 Å². The van der Waals surface area contributed by atoms with Crippen LogP contribution < -0.4 is 10.6 Å². The van der Waals surface area contributed by atoms with Crippen LogP contribution in [0.15, 0.2) is 67.1 Å². The molecular weight excluding hydrogens is 328 g/mol. The number of carbonyl (C=O) groups excluding carboxylic acids is 2. The van der Waals surface area contributed by atoms with Crippen LogP contribution in [0.3, 0.4) is 0 Å². The minimum atomic E-state index is -0.420. The molecule has 0 unspecified atom stereocenters. The number of aryl methyl sites for hydroxylation is 1. The van der Waals surface area contributed by atoms with Gasteiger partial charge in [0.25, 0.3) is 11.8 Å². The van der Waals surface area contributed by atoms with Crippen LogP contribution in [0.5, 0.6) is 0 Å². The van der Waals surface area contributed by atoms with Gasteiger partial charge in [-0.05, 0) is 24.6 Å². The molecule has 1 heterocycles. The maximum absolute atomic E-state index is 12.5. The fraction of sp³-hybridized carbons (Fsp3) is 0.100. The minimum absolute atomic E-state index is 0.183. The molecule has 2 N–H and O–H groups in total. The number of rotatable bonds is 5. The molecule has 2 amide bonds. The molecule has 2 aromatic carbocycles. The number of benzene rings is 2. The lowest BCUT2D eigenvalue weighted by atomic mass is 10.1. The number of carbonyl (C=O) groups is 2. The smallest absolute Gasteiger partial charge is 0.275 e. The van der Waals surface area contributed by atoms with E-state index in [0.29, 0.717) is 17.8 Å². The zero-order valence-corrected chi connectivity index (χ0v) is 14.3. The van der Waals surface area contributed by atoms with E-state index in [2.05, 4.69) is 20.6 Å². The van der Waals surface area contributed by atoms with E-state index in [1.165, 1.54) is 18.6 Å². The van der Waals surface area contributed by atoms with Gasteiger partial charge in [-0.2, -0.15) is 0 Å². The van der Waals surface area contributed by atoms with E-state index in [1.807, 2.05) is 31.2 Å². The summed E-state index contributed by atoms with van der Waals surface area (Å²) in [6.07, 6.45) is 4.30. The first-order chi connectivity index (χ1) is 12.6. The van der Waals surface area contributed by atoms with Crippen molar-refractivity contribution in [2.75, 3.05) is 5.32 Å². The third kappa shape index (κ3) is 4.30. The van der Waals surface area contributed by atoms with Gasteiger partial charge in [-0.25, -0.2) is 4.98 Å². The molecule has 0 radical (unpaired) electrons. The highest BCUT2D eigenvalue weighted by atomic mass is 16.2. The standard InChI is InChI=1S/C20H18N4O2/c1-14-6-8-15(9-7-14)12-23-19(25)16-4-2-3-5-17(16)24-20(26)18-13-21-10-11-22-18/h2-11,13H,12H2,1H3,(H,23,25)(H,24,26). The van der Waals surface area contributed by atoms with Crippen molar-refractivity contribution in [1.29, 1.82) is 0 Å². The number of nitrogens with zero attached hydrogens (tertiary/aromatic N) is 2. The predicted molar refractivity (Wildman–Crippen MR) is 98.8 cm³/mol. The second kappa shape index (κ2) is 8.02. The van der Waals surface area contributed by atoms with Crippen molar-refractivity contribution in [3.8, 4) is 0 Å². The monoisotopic (exact) mass is 346 g/mol. The van der Waals surface area contributed by atoms with E-state index in [-0.39, 0.29) is 11.6 Å². The Hall–Kier alpha value is -3.54. The van der Waals surface area contributed by atoms with Gasteiger partial charge in [0.05, 0.1) is 17.4 Å². The van der Waals surface area contributed by atoms with E-state index in [1.54, 1.807) is 24.3 Å². The van der Waals surface area contributed by atoms with Crippen LogP contribution in [0.2, 0.25) is 0 Å². The van der Waals surface area contributed by atoms with Crippen molar-refractivity contribution < 1.29 is 9.59 Å². The fourth-order valence-electron chi connectivity index (χ4n) is 2.38. The highest BCUT2D eigenvalue weighted by molar-refractivity contribution is 6.08. The Morgan fingerprint density at radius 3 is 2.46 bits per heavy atom. The lowest BCUT2D eigenvalue weighted by molar-refractivity contribution is 0.0952. The summed E-state index contributed by atoms with van der Waals surface area (Å²) in [7, 11) is 0. The summed E-state index contributed by atoms with van der Waals surface area (Å²) in [5.74, 6) is -0.683. The summed E-state index contributed by atoms with van der Waals surface area (Å²) < 4.78 is 0. The highest BCUT2D eigenvalue weighted by Crippen LogP contribution is 2.16. The van der Waals surface area contributed by atoms with Gasteiger partial charge in [0.15, 0.2) is 0 Å². The van der Waals surface area contributed by atoms with Crippen LogP contribution in [0.4, 0.5) is 5.69 Å². The van der Waals surface area contributed by atoms with Crippen LogP contribution in [0, 0.1) is 6.92 Å². The summed E-state index contributed by atoms with van der Waals surface area (Å²) in [6.45, 7) is 2.42. The zero-order chi connectivity index (χ0) is 18.4. The van der Waals surface area contributed by atoms with Gasteiger partial charge >= 0.3 is 0 Å². The normalized spacial score (nSPS) is 10.2. The average Bonchev–Trinajstić information content (AvgIpc) is 2.68. The molecule has 0 saturated heterocycles. The maximum Gasteiger partial charge on any atom is 0.275 e. The predicted octanol–water partition coefficient (Wildman–Crippen LogP) is 2.97. The topological polar surface area (TPSA) is 84.0 Å². The van der Waals surface area contributed by atoms with E-state index in [0.717, 1.165) is 11.1 Å². The molecule has 0 bridgehead atoms. The van der Waals surface area contributed by atoms with Crippen LogP contribution in [0.1, 0.15) is 32.0 Å². The SMILES string of the molecule is Cc1ccc(CNC(=O)c2ccccc2NC(=O)c2cnccn2)cc1.